The summed E-state index contributed by atoms with van der Waals surface area (Å²) in [4.78, 5) is 0. The lowest BCUT2D eigenvalue weighted by Gasteiger charge is -2.09. The van der Waals surface area contributed by atoms with Gasteiger partial charge in [0.2, 0.25) is 10.0 Å². The molecule has 0 aliphatic heterocycles. The third-order valence-electron chi connectivity index (χ3n) is 4.12. The Morgan fingerprint density at radius 3 is 2.38 bits per heavy atom. The summed E-state index contributed by atoms with van der Waals surface area (Å²) in [5.41, 5.74) is 2.83. The van der Waals surface area contributed by atoms with Crippen LogP contribution in [0, 0.1) is 19.7 Å². The van der Waals surface area contributed by atoms with Gasteiger partial charge in [-0.25, -0.2) is 12.8 Å². The van der Waals surface area contributed by atoms with Gasteiger partial charge in [-0.15, -0.1) is 0 Å². The molecular weight excluding hydrogens is 353 g/mol. The third-order valence-corrected chi connectivity index (χ3v) is 5.35. The number of aryl methyl sites for hydroxylation is 1. The van der Waals surface area contributed by atoms with Crippen molar-refractivity contribution in [2.45, 2.75) is 26.1 Å². The minimum absolute atomic E-state index is 0.120. The molecule has 26 heavy (non-hydrogen) atoms. The first-order valence-electron chi connectivity index (χ1n) is 8.17. The fourth-order valence-electron chi connectivity index (χ4n) is 2.77. The fourth-order valence-corrected chi connectivity index (χ4v) is 4.08. The standard InChI is InChI=1S/C19H20FN3O2S/c1-14-19(22-26(24,25)13-16-8-4-3-5-9-16)15(2)23(21-14)12-17-10-6-7-11-18(17)20/h3-11,22H,12-13H2,1-2H3. The van der Waals surface area contributed by atoms with Gasteiger partial charge in [-0.1, -0.05) is 48.5 Å². The van der Waals surface area contributed by atoms with Gasteiger partial charge in [-0.3, -0.25) is 9.40 Å². The Labute approximate surface area is 152 Å². The van der Waals surface area contributed by atoms with E-state index in [0.717, 1.165) is 0 Å². The van der Waals surface area contributed by atoms with Gasteiger partial charge in [0.25, 0.3) is 0 Å². The van der Waals surface area contributed by atoms with E-state index in [9.17, 15) is 12.8 Å². The Kier molecular flexibility index (Phi) is 5.08. The smallest absolute Gasteiger partial charge is 0.237 e. The minimum Gasteiger partial charge on any atom is -0.280 e. The van der Waals surface area contributed by atoms with Gasteiger partial charge >= 0.3 is 0 Å². The van der Waals surface area contributed by atoms with Gasteiger partial charge in [-0.05, 0) is 25.5 Å². The second kappa shape index (κ2) is 7.29. The van der Waals surface area contributed by atoms with Crippen LogP contribution >= 0.6 is 0 Å². The van der Waals surface area contributed by atoms with Crippen LogP contribution < -0.4 is 4.72 Å². The molecule has 0 saturated carbocycles. The highest BCUT2D eigenvalue weighted by Crippen LogP contribution is 2.23. The second-order valence-corrected chi connectivity index (χ2v) is 7.86. The van der Waals surface area contributed by atoms with Crippen LogP contribution in [-0.2, 0) is 22.3 Å². The van der Waals surface area contributed by atoms with Crippen molar-refractivity contribution in [1.82, 2.24) is 9.78 Å². The van der Waals surface area contributed by atoms with Gasteiger partial charge in [0.15, 0.2) is 0 Å². The Bertz CT molecular complexity index is 1010. The number of hydrogen-bond donors (Lipinski definition) is 1. The highest BCUT2D eigenvalue weighted by atomic mass is 32.2. The molecule has 0 spiro atoms. The Morgan fingerprint density at radius 2 is 1.69 bits per heavy atom. The Hall–Kier alpha value is -2.67. The van der Waals surface area contributed by atoms with Crippen molar-refractivity contribution in [3.05, 3.63) is 82.9 Å². The molecule has 136 valence electrons. The molecule has 0 saturated heterocycles. The van der Waals surface area contributed by atoms with E-state index in [2.05, 4.69) is 9.82 Å². The average molecular weight is 373 g/mol. The normalized spacial score (nSPS) is 11.5. The first-order valence-corrected chi connectivity index (χ1v) is 9.83. The molecule has 0 aliphatic rings. The Balaban J connectivity index is 1.83. The molecule has 1 heterocycles. The van der Waals surface area contributed by atoms with Crippen molar-refractivity contribution < 1.29 is 12.8 Å². The summed E-state index contributed by atoms with van der Waals surface area (Å²) < 4.78 is 43.1. The molecule has 0 fully saturated rings. The number of rotatable bonds is 6. The predicted octanol–water partition coefficient (Wildman–Crippen LogP) is 3.63. The SMILES string of the molecule is Cc1nn(Cc2ccccc2F)c(C)c1NS(=O)(=O)Cc1ccccc1. The number of anilines is 1. The van der Waals surface area contributed by atoms with Crippen LogP contribution in [0.15, 0.2) is 54.6 Å². The molecule has 0 aliphatic carbocycles. The first-order chi connectivity index (χ1) is 12.4. The van der Waals surface area contributed by atoms with Crippen LogP contribution in [0.1, 0.15) is 22.5 Å². The summed E-state index contributed by atoms with van der Waals surface area (Å²) in [6, 6.07) is 15.4. The number of nitrogens with zero attached hydrogens (tertiary/aromatic N) is 2. The van der Waals surface area contributed by atoms with Crippen molar-refractivity contribution in [3.63, 3.8) is 0 Å². The molecule has 1 aromatic heterocycles. The number of benzene rings is 2. The van der Waals surface area contributed by atoms with Crippen LogP contribution in [0.5, 0.6) is 0 Å². The molecule has 0 amide bonds. The van der Waals surface area contributed by atoms with Gasteiger partial charge in [-0.2, -0.15) is 5.10 Å². The lowest BCUT2D eigenvalue weighted by molar-refractivity contribution is 0.579. The topological polar surface area (TPSA) is 64.0 Å². The van der Waals surface area contributed by atoms with Crippen LogP contribution in [0.3, 0.4) is 0 Å². The summed E-state index contributed by atoms with van der Waals surface area (Å²) in [7, 11) is -3.58. The zero-order valence-electron chi connectivity index (χ0n) is 14.6. The lowest BCUT2D eigenvalue weighted by atomic mass is 10.2. The van der Waals surface area contributed by atoms with Crippen molar-refractivity contribution >= 4 is 15.7 Å². The van der Waals surface area contributed by atoms with Crippen LogP contribution in [0.4, 0.5) is 10.1 Å². The molecular formula is C19H20FN3O2S. The molecule has 7 heteroatoms. The minimum atomic E-state index is -3.58. The quantitative estimate of drug-likeness (QED) is 0.718. The summed E-state index contributed by atoms with van der Waals surface area (Å²) in [5, 5.41) is 4.36. The van der Waals surface area contributed by atoms with Gasteiger partial charge in [0, 0.05) is 5.56 Å². The van der Waals surface area contributed by atoms with E-state index in [1.165, 1.54) is 6.07 Å². The maximum atomic E-state index is 13.9. The van der Waals surface area contributed by atoms with E-state index in [1.807, 2.05) is 6.07 Å². The van der Waals surface area contributed by atoms with E-state index in [-0.39, 0.29) is 18.1 Å². The summed E-state index contributed by atoms with van der Waals surface area (Å²) in [5.74, 6) is -0.433. The highest BCUT2D eigenvalue weighted by Gasteiger charge is 2.19. The molecule has 0 atom stereocenters. The monoisotopic (exact) mass is 373 g/mol. The van der Waals surface area contributed by atoms with Crippen molar-refractivity contribution in [1.29, 1.82) is 0 Å². The largest absolute Gasteiger partial charge is 0.280 e. The molecule has 3 aromatic rings. The number of halogens is 1. The zero-order chi connectivity index (χ0) is 18.7. The number of aromatic nitrogens is 2. The molecule has 2 aromatic carbocycles. The fraction of sp³-hybridized carbons (Fsp3) is 0.211. The first kappa shape index (κ1) is 18.1. The third kappa shape index (κ3) is 4.11. The highest BCUT2D eigenvalue weighted by molar-refractivity contribution is 7.91. The van der Waals surface area contributed by atoms with Crippen LogP contribution in [0.25, 0.3) is 0 Å². The number of nitrogens with one attached hydrogen (secondary N) is 1. The second-order valence-electron chi connectivity index (χ2n) is 6.14. The molecule has 0 unspecified atom stereocenters. The lowest BCUT2D eigenvalue weighted by Crippen LogP contribution is -2.16. The molecule has 0 bridgehead atoms. The summed E-state index contributed by atoms with van der Waals surface area (Å²) >= 11 is 0. The van der Waals surface area contributed by atoms with E-state index < -0.39 is 10.0 Å². The van der Waals surface area contributed by atoms with E-state index in [4.69, 9.17) is 0 Å². The maximum absolute atomic E-state index is 13.9. The molecule has 0 radical (unpaired) electrons. The molecule has 5 nitrogen and oxygen atoms in total. The van der Waals surface area contributed by atoms with Gasteiger partial charge in [0.05, 0.1) is 29.4 Å². The van der Waals surface area contributed by atoms with Crippen molar-refractivity contribution in [2.75, 3.05) is 4.72 Å². The number of hydrogen-bond acceptors (Lipinski definition) is 3. The van der Waals surface area contributed by atoms with Crippen LogP contribution in [0.2, 0.25) is 0 Å². The van der Waals surface area contributed by atoms with E-state index in [1.54, 1.807) is 61.0 Å². The number of sulfonamides is 1. The maximum Gasteiger partial charge on any atom is 0.237 e. The van der Waals surface area contributed by atoms with E-state index in [0.29, 0.717) is 28.2 Å². The molecule has 1 N–H and O–H groups in total. The van der Waals surface area contributed by atoms with Gasteiger partial charge in [0.1, 0.15) is 5.82 Å². The predicted molar refractivity (Wildman–Crippen MR) is 99.9 cm³/mol. The van der Waals surface area contributed by atoms with Crippen LogP contribution in [-0.4, -0.2) is 18.2 Å². The Morgan fingerprint density at radius 1 is 1.04 bits per heavy atom. The summed E-state index contributed by atoms with van der Waals surface area (Å²) in [6.45, 7) is 3.73. The van der Waals surface area contributed by atoms with Crippen molar-refractivity contribution in [3.8, 4) is 0 Å². The van der Waals surface area contributed by atoms with Gasteiger partial charge < -0.3 is 0 Å². The van der Waals surface area contributed by atoms with E-state index >= 15 is 0 Å². The summed E-state index contributed by atoms with van der Waals surface area (Å²) in [6.07, 6.45) is 0. The average Bonchev–Trinajstić information content (AvgIpc) is 2.84. The zero-order valence-corrected chi connectivity index (χ0v) is 15.4. The van der Waals surface area contributed by atoms with Crippen molar-refractivity contribution in [2.24, 2.45) is 0 Å². The molecule has 3 rings (SSSR count).